The van der Waals surface area contributed by atoms with E-state index in [0.717, 1.165) is 24.1 Å². The van der Waals surface area contributed by atoms with Crippen LogP contribution in [0.3, 0.4) is 0 Å². The SMILES string of the molecule is CCc1nc(NC(=O)c2cccc(C)c2)sc1CC. The normalized spacial score (nSPS) is 10.5. The Morgan fingerprint density at radius 2 is 2.11 bits per heavy atom. The van der Waals surface area contributed by atoms with Gasteiger partial charge in [0, 0.05) is 10.4 Å². The molecule has 100 valence electrons. The molecule has 0 aliphatic carbocycles. The third-order valence-corrected chi connectivity index (χ3v) is 4.09. The summed E-state index contributed by atoms with van der Waals surface area (Å²) in [5, 5.41) is 3.58. The topological polar surface area (TPSA) is 42.0 Å². The van der Waals surface area contributed by atoms with Gasteiger partial charge in [-0.25, -0.2) is 4.98 Å². The van der Waals surface area contributed by atoms with Gasteiger partial charge < -0.3 is 0 Å². The Morgan fingerprint density at radius 3 is 2.68 bits per heavy atom. The van der Waals surface area contributed by atoms with Gasteiger partial charge in [0.05, 0.1) is 5.69 Å². The Bertz CT molecular complexity index is 568. The van der Waals surface area contributed by atoms with Crippen LogP contribution in [0.2, 0.25) is 0 Å². The number of nitrogens with zero attached hydrogens (tertiary/aromatic N) is 1. The molecule has 1 aromatic heterocycles. The van der Waals surface area contributed by atoms with Gasteiger partial charge in [-0.2, -0.15) is 0 Å². The second-order valence-corrected chi connectivity index (χ2v) is 5.50. The van der Waals surface area contributed by atoms with E-state index in [4.69, 9.17) is 0 Å². The molecule has 3 nitrogen and oxygen atoms in total. The van der Waals surface area contributed by atoms with Gasteiger partial charge in [0.25, 0.3) is 5.91 Å². The number of rotatable bonds is 4. The van der Waals surface area contributed by atoms with Crippen LogP contribution in [0, 0.1) is 6.92 Å². The van der Waals surface area contributed by atoms with E-state index in [2.05, 4.69) is 24.1 Å². The number of thiazole rings is 1. The van der Waals surface area contributed by atoms with Crippen LogP contribution in [0.25, 0.3) is 0 Å². The Kier molecular flexibility index (Phi) is 4.32. The predicted molar refractivity (Wildman–Crippen MR) is 80.0 cm³/mol. The second-order valence-electron chi connectivity index (χ2n) is 4.42. The van der Waals surface area contributed by atoms with Crippen molar-refractivity contribution in [1.82, 2.24) is 4.98 Å². The van der Waals surface area contributed by atoms with E-state index in [1.165, 1.54) is 4.88 Å². The molecule has 2 rings (SSSR count). The molecule has 1 heterocycles. The summed E-state index contributed by atoms with van der Waals surface area (Å²) in [4.78, 5) is 17.8. The first-order chi connectivity index (χ1) is 9.13. The van der Waals surface area contributed by atoms with Gasteiger partial charge in [-0.1, -0.05) is 31.5 Å². The van der Waals surface area contributed by atoms with Crippen LogP contribution in [-0.4, -0.2) is 10.9 Å². The van der Waals surface area contributed by atoms with Crippen molar-refractivity contribution in [3.8, 4) is 0 Å². The minimum absolute atomic E-state index is 0.0947. The molecule has 0 bridgehead atoms. The van der Waals surface area contributed by atoms with Gasteiger partial charge >= 0.3 is 0 Å². The summed E-state index contributed by atoms with van der Waals surface area (Å²) >= 11 is 1.57. The minimum atomic E-state index is -0.0947. The van der Waals surface area contributed by atoms with Gasteiger partial charge in [-0.3, -0.25) is 10.1 Å². The Hall–Kier alpha value is -1.68. The summed E-state index contributed by atoms with van der Waals surface area (Å²) in [5.41, 5.74) is 2.84. The number of carbonyl (C=O) groups excluding carboxylic acids is 1. The first-order valence-electron chi connectivity index (χ1n) is 6.50. The van der Waals surface area contributed by atoms with Crippen molar-refractivity contribution in [2.24, 2.45) is 0 Å². The van der Waals surface area contributed by atoms with Crippen molar-refractivity contribution in [1.29, 1.82) is 0 Å². The maximum absolute atomic E-state index is 12.1. The average molecular weight is 274 g/mol. The summed E-state index contributed by atoms with van der Waals surface area (Å²) in [7, 11) is 0. The molecule has 2 aromatic rings. The largest absolute Gasteiger partial charge is 0.298 e. The van der Waals surface area contributed by atoms with Crippen LogP contribution in [0.4, 0.5) is 5.13 Å². The molecule has 0 unspecified atom stereocenters. The number of benzene rings is 1. The number of amides is 1. The molecule has 0 saturated heterocycles. The standard InChI is InChI=1S/C15H18N2OS/c1-4-12-13(5-2)19-15(16-12)17-14(18)11-8-6-7-10(3)9-11/h6-9H,4-5H2,1-3H3,(H,16,17,18). The first-order valence-corrected chi connectivity index (χ1v) is 7.32. The molecule has 1 N–H and O–H groups in total. The molecule has 0 spiro atoms. The fourth-order valence-electron chi connectivity index (χ4n) is 1.94. The zero-order valence-electron chi connectivity index (χ0n) is 11.5. The molecular weight excluding hydrogens is 256 g/mol. The minimum Gasteiger partial charge on any atom is -0.298 e. The second kappa shape index (κ2) is 5.97. The third kappa shape index (κ3) is 3.20. The van der Waals surface area contributed by atoms with E-state index in [-0.39, 0.29) is 5.91 Å². The highest BCUT2D eigenvalue weighted by Crippen LogP contribution is 2.24. The molecule has 19 heavy (non-hydrogen) atoms. The van der Waals surface area contributed by atoms with E-state index < -0.39 is 0 Å². The number of hydrogen-bond acceptors (Lipinski definition) is 3. The van der Waals surface area contributed by atoms with E-state index >= 15 is 0 Å². The van der Waals surface area contributed by atoms with Crippen LogP contribution in [0.15, 0.2) is 24.3 Å². The lowest BCUT2D eigenvalue weighted by molar-refractivity contribution is 0.102. The summed E-state index contributed by atoms with van der Waals surface area (Å²) < 4.78 is 0. The molecule has 0 fully saturated rings. The third-order valence-electron chi connectivity index (χ3n) is 2.93. The molecule has 0 atom stereocenters. The molecule has 0 saturated carbocycles. The number of nitrogens with one attached hydrogen (secondary N) is 1. The average Bonchev–Trinajstić information content (AvgIpc) is 2.80. The van der Waals surface area contributed by atoms with Gasteiger partial charge in [0.2, 0.25) is 0 Å². The fourth-order valence-corrected chi connectivity index (χ4v) is 2.93. The van der Waals surface area contributed by atoms with Crippen LogP contribution in [-0.2, 0) is 12.8 Å². The smallest absolute Gasteiger partial charge is 0.257 e. The molecule has 1 amide bonds. The highest BCUT2D eigenvalue weighted by molar-refractivity contribution is 7.15. The zero-order chi connectivity index (χ0) is 13.8. The molecular formula is C15H18N2OS. The highest BCUT2D eigenvalue weighted by atomic mass is 32.1. The quantitative estimate of drug-likeness (QED) is 0.920. The van der Waals surface area contributed by atoms with Crippen molar-refractivity contribution in [3.63, 3.8) is 0 Å². The van der Waals surface area contributed by atoms with Crippen molar-refractivity contribution < 1.29 is 4.79 Å². The lowest BCUT2D eigenvalue weighted by Crippen LogP contribution is -2.11. The van der Waals surface area contributed by atoms with Crippen molar-refractivity contribution in [2.45, 2.75) is 33.6 Å². The van der Waals surface area contributed by atoms with E-state index in [9.17, 15) is 4.79 Å². The summed E-state index contributed by atoms with van der Waals surface area (Å²) in [5.74, 6) is -0.0947. The van der Waals surface area contributed by atoms with Crippen LogP contribution in [0.1, 0.15) is 40.3 Å². The summed E-state index contributed by atoms with van der Waals surface area (Å²) in [6, 6.07) is 7.56. The van der Waals surface area contributed by atoms with Gasteiger partial charge in [-0.05, 0) is 31.9 Å². The molecule has 1 aromatic carbocycles. The number of aromatic nitrogens is 1. The zero-order valence-corrected chi connectivity index (χ0v) is 12.3. The number of carbonyl (C=O) groups is 1. The van der Waals surface area contributed by atoms with Crippen LogP contribution < -0.4 is 5.32 Å². The monoisotopic (exact) mass is 274 g/mol. The number of anilines is 1. The Morgan fingerprint density at radius 1 is 1.32 bits per heavy atom. The fraction of sp³-hybridized carbons (Fsp3) is 0.333. The van der Waals surface area contributed by atoms with E-state index in [0.29, 0.717) is 10.7 Å². The van der Waals surface area contributed by atoms with Gasteiger partial charge in [0.15, 0.2) is 5.13 Å². The van der Waals surface area contributed by atoms with Crippen molar-refractivity contribution in [3.05, 3.63) is 46.0 Å². The van der Waals surface area contributed by atoms with Crippen molar-refractivity contribution >= 4 is 22.4 Å². The Labute approximate surface area is 117 Å². The Balaban J connectivity index is 2.17. The van der Waals surface area contributed by atoms with Gasteiger partial charge in [-0.15, -0.1) is 11.3 Å². The van der Waals surface area contributed by atoms with E-state index in [1.54, 1.807) is 11.3 Å². The number of hydrogen-bond donors (Lipinski definition) is 1. The maximum atomic E-state index is 12.1. The highest BCUT2D eigenvalue weighted by Gasteiger charge is 2.12. The van der Waals surface area contributed by atoms with Crippen LogP contribution in [0.5, 0.6) is 0 Å². The van der Waals surface area contributed by atoms with E-state index in [1.807, 2.05) is 31.2 Å². The summed E-state index contributed by atoms with van der Waals surface area (Å²) in [6.07, 6.45) is 1.86. The van der Waals surface area contributed by atoms with Gasteiger partial charge in [0.1, 0.15) is 0 Å². The molecule has 0 aliphatic heterocycles. The molecule has 0 aliphatic rings. The first kappa shape index (κ1) is 13.7. The predicted octanol–water partition coefficient (Wildman–Crippen LogP) is 3.83. The van der Waals surface area contributed by atoms with Crippen molar-refractivity contribution in [2.75, 3.05) is 5.32 Å². The lowest BCUT2D eigenvalue weighted by atomic mass is 10.1. The maximum Gasteiger partial charge on any atom is 0.257 e. The molecule has 0 radical (unpaired) electrons. The molecule has 4 heteroatoms. The van der Waals surface area contributed by atoms with Crippen LogP contribution >= 0.6 is 11.3 Å². The summed E-state index contributed by atoms with van der Waals surface area (Å²) in [6.45, 7) is 6.17. The number of aryl methyl sites for hydroxylation is 3. The lowest BCUT2D eigenvalue weighted by Gasteiger charge is -2.02.